The third-order valence-electron chi connectivity index (χ3n) is 3.83. The van der Waals surface area contributed by atoms with Crippen LogP contribution in [0.25, 0.3) is 0 Å². The Bertz CT molecular complexity index is 628. The average molecular weight is 337 g/mol. The number of benzene rings is 1. The van der Waals surface area contributed by atoms with Crippen molar-refractivity contribution in [2.24, 2.45) is 0 Å². The van der Waals surface area contributed by atoms with Gasteiger partial charge in [0, 0.05) is 6.54 Å². The van der Waals surface area contributed by atoms with E-state index in [2.05, 4.69) is 0 Å². The summed E-state index contributed by atoms with van der Waals surface area (Å²) >= 11 is 0. The zero-order valence-electron chi connectivity index (χ0n) is 12.0. The van der Waals surface area contributed by atoms with Crippen LogP contribution in [0.5, 0.6) is 0 Å². The molecule has 124 valence electrons. The van der Waals surface area contributed by atoms with Crippen molar-refractivity contribution >= 4 is 10.0 Å². The Labute approximate surface area is 127 Å². The van der Waals surface area contributed by atoms with Crippen molar-refractivity contribution < 1.29 is 26.7 Å². The number of hydrogen-bond acceptors (Lipinski definition) is 3. The fourth-order valence-corrected chi connectivity index (χ4v) is 4.74. The molecule has 0 amide bonds. The van der Waals surface area contributed by atoms with Gasteiger partial charge < -0.3 is 5.11 Å². The lowest BCUT2D eigenvalue weighted by Gasteiger charge is -2.36. The average Bonchev–Trinajstić information content (AvgIpc) is 2.46. The van der Waals surface area contributed by atoms with Gasteiger partial charge >= 0.3 is 6.18 Å². The Morgan fingerprint density at radius 2 is 1.91 bits per heavy atom. The molecule has 1 heterocycles. The van der Waals surface area contributed by atoms with Crippen LogP contribution in [0.1, 0.15) is 31.7 Å². The molecule has 1 fully saturated rings. The fraction of sp³-hybridized carbons (Fsp3) is 0.571. The largest absolute Gasteiger partial charge is 0.417 e. The van der Waals surface area contributed by atoms with Crippen LogP contribution in [0.15, 0.2) is 29.2 Å². The first kappa shape index (κ1) is 17.2. The number of sulfonamides is 1. The van der Waals surface area contributed by atoms with E-state index in [0.717, 1.165) is 28.9 Å². The number of hydrogen-bond donors (Lipinski definition) is 1. The molecule has 1 saturated heterocycles. The van der Waals surface area contributed by atoms with E-state index in [-0.39, 0.29) is 6.54 Å². The van der Waals surface area contributed by atoms with Crippen molar-refractivity contribution in [3.8, 4) is 0 Å². The van der Waals surface area contributed by atoms with E-state index in [1.165, 1.54) is 13.0 Å². The van der Waals surface area contributed by atoms with Gasteiger partial charge in [-0.1, -0.05) is 18.6 Å². The van der Waals surface area contributed by atoms with E-state index in [4.69, 9.17) is 0 Å². The molecule has 1 aliphatic rings. The highest BCUT2D eigenvalue weighted by Gasteiger charge is 2.42. The summed E-state index contributed by atoms with van der Waals surface area (Å²) in [6, 6.07) is 3.45. The van der Waals surface area contributed by atoms with E-state index in [0.29, 0.717) is 12.8 Å². The molecule has 2 atom stereocenters. The molecule has 0 spiro atoms. The van der Waals surface area contributed by atoms with Gasteiger partial charge in [0.2, 0.25) is 10.0 Å². The number of aliphatic hydroxyl groups is 1. The van der Waals surface area contributed by atoms with Crippen molar-refractivity contribution in [1.29, 1.82) is 0 Å². The summed E-state index contributed by atoms with van der Waals surface area (Å²) in [5.41, 5.74) is -1.18. The Morgan fingerprint density at radius 3 is 2.50 bits per heavy atom. The number of rotatable bonds is 3. The van der Waals surface area contributed by atoms with E-state index in [9.17, 15) is 26.7 Å². The van der Waals surface area contributed by atoms with Gasteiger partial charge in [0.1, 0.15) is 0 Å². The van der Waals surface area contributed by atoms with Crippen molar-refractivity contribution in [2.45, 2.75) is 49.4 Å². The van der Waals surface area contributed by atoms with Gasteiger partial charge in [-0.2, -0.15) is 17.5 Å². The van der Waals surface area contributed by atoms with Gasteiger partial charge in [-0.25, -0.2) is 8.42 Å². The molecule has 1 N–H and O–H groups in total. The minimum absolute atomic E-state index is 0.115. The second-order valence-electron chi connectivity index (χ2n) is 5.41. The molecule has 4 nitrogen and oxygen atoms in total. The SMILES string of the molecule is CC(O)C1CCCCN1S(=O)(=O)c1ccccc1C(F)(F)F. The summed E-state index contributed by atoms with van der Waals surface area (Å²) in [5.74, 6) is 0. The topological polar surface area (TPSA) is 57.6 Å². The zero-order valence-corrected chi connectivity index (χ0v) is 12.9. The fourth-order valence-electron chi connectivity index (χ4n) is 2.76. The van der Waals surface area contributed by atoms with Crippen molar-refractivity contribution in [3.63, 3.8) is 0 Å². The Morgan fingerprint density at radius 1 is 1.27 bits per heavy atom. The van der Waals surface area contributed by atoms with Crippen LogP contribution in [-0.2, 0) is 16.2 Å². The zero-order chi connectivity index (χ0) is 16.5. The van der Waals surface area contributed by atoms with Gasteiger partial charge in [0.15, 0.2) is 0 Å². The van der Waals surface area contributed by atoms with Gasteiger partial charge in [-0.05, 0) is 31.9 Å². The molecule has 1 aliphatic heterocycles. The minimum atomic E-state index is -4.75. The van der Waals surface area contributed by atoms with Gasteiger partial charge in [0.25, 0.3) is 0 Å². The van der Waals surface area contributed by atoms with Crippen LogP contribution >= 0.6 is 0 Å². The Balaban J connectivity index is 2.51. The normalized spacial score (nSPS) is 22.5. The Hall–Kier alpha value is -1.12. The lowest BCUT2D eigenvalue weighted by molar-refractivity contribution is -0.139. The van der Waals surface area contributed by atoms with Crippen LogP contribution < -0.4 is 0 Å². The molecule has 1 aromatic rings. The van der Waals surface area contributed by atoms with Gasteiger partial charge in [-0.3, -0.25) is 0 Å². The highest BCUT2D eigenvalue weighted by atomic mass is 32.2. The van der Waals surface area contributed by atoms with E-state index < -0.39 is 38.8 Å². The van der Waals surface area contributed by atoms with Crippen molar-refractivity contribution in [1.82, 2.24) is 4.31 Å². The Kier molecular flexibility index (Phi) is 4.84. The van der Waals surface area contributed by atoms with Crippen molar-refractivity contribution in [2.75, 3.05) is 6.54 Å². The first-order valence-corrected chi connectivity index (χ1v) is 8.46. The first-order valence-electron chi connectivity index (χ1n) is 7.02. The van der Waals surface area contributed by atoms with Crippen molar-refractivity contribution in [3.05, 3.63) is 29.8 Å². The van der Waals surface area contributed by atoms with E-state index >= 15 is 0 Å². The summed E-state index contributed by atoms with van der Waals surface area (Å²) in [6.45, 7) is 1.57. The molecule has 0 radical (unpaired) electrons. The molecule has 22 heavy (non-hydrogen) atoms. The first-order chi connectivity index (χ1) is 10.2. The van der Waals surface area contributed by atoms with Crippen LogP contribution in [0, 0.1) is 0 Å². The monoisotopic (exact) mass is 337 g/mol. The molecular formula is C14H18F3NO3S. The lowest BCUT2D eigenvalue weighted by Crippen LogP contribution is -2.49. The number of aliphatic hydroxyl groups excluding tert-OH is 1. The number of alkyl halides is 3. The molecule has 8 heteroatoms. The maximum absolute atomic E-state index is 13.1. The summed E-state index contributed by atoms with van der Waals surface area (Å²) in [5, 5.41) is 9.76. The summed E-state index contributed by atoms with van der Waals surface area (Å²) in [7, 11) is -4.32. The molecule has 0 aliphatic carbocycles. The van der Waals surface area contributed by atoms with E-state index in [1.54, 1.807) is 0 Å². The number of piperidine rings is 1. The minimum Gasteiger partial charge on any atom is -0.392 e. The maximum atomic E-state index is 13.1. The number of halogens is 3. The summed E-state index contributed by atoms with van der Waals surface area (Å²) in [4.78, 5) is -0.755. The molecular weight excluding hydrogens is 319 g/mol. The standard InChI is InChI=1S/C14H18F3NO3S/c1-10(19)12-7-4-5-9-18(12)22(20,21)13-8-3-2-6-11(13)14(15,16)17/h2-3,6,8,10,12,19H,4-5,7,9H2,1H3. The van der Waals surface area contributed by atoms with Crippen LogP contribution in [-0.4, -0.2) is 36.5 Å². The molecule has 0 saturated carbocycles. The van der Waals surface area contributed by atoms with Crippen LogP contribution in [0.3, 0.4) is 0 Å². The predicted molar refractivity (Wildman–Crippen MR) is 74.7 cm³/mol. The van der Waals surface area contributed by atoms with Crippen LogP contribution in [0.4, 0.5) is 13.2 Å². The predicted octanol–water partition coefficient (Wildman–Crippen LogP) is 2.63. The summed E-state index contributed by atoms with van der Waals surface area (Å²) in [6.07, 6.45) is -3.95. The molecule has 0 bridgehead atoms. The second-order valence-corrected chi connectivity index (χ2v) is 7.27. The third-order valence-corrected chi connectivity index (χ3v) is 5.82. The lowest BCUT2D eigenvalue weighted by atomic mass is 10.0. The number of nitrogens with zero attached hydrogens (tertiary/aromatic N) is 1. The smallest absolute Gasteiger partial charge is 0.392 e. The highest BCUT2D eigenvalue weighted by molar-refractivity contribution is 7.89. The summed E-state index contributed by atoms with van der Waals surface area (Å²) < 4.78 is 65.6. The molecule has 0 aromatic heterocycles. The maximum Gasteiger partial charge on any atom is 0.417 e. The third kappa shape index (κ3) is 3.28. The highest BCUT2D eigenvalue weighted by Crippen LogP contribution is 2.36. The molecule has 1 aromatic carbocycles. The molecule has 2 unspecified atom stereocenters. The quantitative estimate of drug-likeness (QED) is 0.922. The molecule has 2 rings (SSSR count). The van der Waals surface area contributed by atoms with Crippen LogP contribution in [0.2, 0.25) is 0 Å². The van der Waals surface area contributed by atoms with E-state index in [1.807, 2.05) is 0 Å². The van der Waals surface area contributed by atoms with Gasteiger partial charge in [0.05, 0.1) is 22.6 Å². The second kappa shape index (κ2) is 6.17. The van der Waals surface area contributed by atoms with Gasteiger partial charge in [-0.15, -0.1) is 0 Å².